The second-order valence-corrected chi connectivity index (χ2v) is 29.1. The van der Waals surface area contributed by atoms with Crippen LogP contribution in [0.3, 0.4) is 0 Å². The third kappa shape index (κ3) is 25.0. The van der Waals surface area contributed by atoms with Gasteiger partial charge < -0.3 is 93.3 Å². The molecule has 14 rings (SSSR count). The van der Waals surface area contributed by atoms with Gasteiger partial charge in [0, 0.05) is 99.9 Å². The van der Waals surface area contributed by atoms with Crippen LogP contribution in [-0.4, -0.2) is 143 Å². The Balaban J connectivity index is 0.000000164. The molecule has 7 heterocycles. The summed E-state index contributed by atoms with van der Waals surface area (Å²) in [7, 11) is 0. The number of nitrogens with two attached hydrogens (primary N) is 5. The van der Waals surface area contributed by atoms with E-state index in [1.807, 2.05) is 93.6 Å². The second kappa shape index (κ2) is 40.0. The van der Waals surface area contributed by atoms with Crippen LogP contribution in [0.25, 0.3) is 45.0 Å². The number of hydrogen-bond acceptors (Lipinski definition) is 31. The number of rotatable bonds is 20. The molecule has 600 valence electrons. The summed E-state index contributed by atoms with van der Waals surface area (Å²) in [5.41, 5.74) is 34.0. The van der Waals surface area contributed by atoms with Crippen LogP contribution in [0.15, 0.2) is 176 Å². The number of halogens is 2. The first-order chi connectivity index (χ1) is 54.7. The van der Waals surface area contributed by atoms with Crippen LogP contribution >= 0.6 is 23.2 Å². The molecule has 0 spiro atoms. The third-order valence-corrected chi connectivity index (χ3v) is 17.5. The normalized spacial score (nSPS) is 17.6. The molecule has 35 nitrogen and oxygen atoms in total. The fourth-order valence-corrected chi connectivity index (χ4v) is 12.0. The average Bonchev–Trinajstić information content (AvgIpc) is 1.79. The predicted octanol–water partition coefficient (Wildman–Crippen LogP) is 10.7. The van der Waals surface area contributed by atoms with Crippen LogP contribution < -0.4 is 70.3 Å². The van der Waals surface area contributed by atoms with E-state index in [0.29, 0.717) is 57.4 Å². The zero-order chi connectivity index (χ0) is 81.3. The van der Waals surface area contributed by atoms with E-state index in [1.165, 1.54) is 23.4 Å². The Bertz CT molecular complexity index is 4950. The molecule has 0 saturated heterocycles. The van der Waals surface area contributed by atoms with Gasteiger partial charge in [0.15, 0.2) is 23.1 Å². The highest BCUT2D eigenvalue weighted by molar-refractivity contribution is 6.40. The van der Waals surface area contributed by atoms with Gasteiger partial charge in [0.25, 0.3) is 17.7 Å². The van der Waals surface area contributed by atoms with Crippen molar-refractivity contribution in [2.75, 3.05) is 31.9 Å². The van der Waals surface area contributed by atoms with Crippen molar-refractivity contribution >= 4 is 111 Å². The summed E-state index contributed by atoms with van der Waals surface area (Å²) in [6, 6.07) is 34.4. The first-order valence-corrected chi connectivity index (χ1v) is 37.7. The van der Waals surface area contributed by atoms with E-state index in [0.717, 1.165) is 99.4 Å². The lowest BCUT2D eigenvalue weighted by atomic mass is 9.91. The van der Waals surface area contributed by atoms with Gasteiger partial charge in [-0.2, -0.15) is 15.0 Å². The number of alkyl halides is 2. The lowest BCUT2D eigenvalue weighted by Crippen LogP contribution is -2.43. The SMILES string of the molecule is CC(C)(C)OC([O-])=N[C@H]1CCCC[C@H]1N.CC(C)(C)OC([O-])=N[C@H]1CCCC[C@H]1Nc1ncc(C(N)=O)c(Nc2ccc(-c3ccno3)cc2)n1.ClCCl.NC(=O)c1cnc(N[C@@H]2CCCC[C@@H]2N)nc1Nc1ccc(-c2ccno2)cc1.NC(=O)c1cnc(On2nnc3ccccc32)nc1Nc1ccc(-c2ccno2)cc1. The van der Waals surface area contributed by atoms with Crippen molar-refractivity contribution in [3.05, 3.63) is 169 Å². The van der Waals surface area contributed by atoms with Gasteiger partial charge in [-0.05, 0) is 129 Å². The lowest BCUT2D eigenvalue weighted by Gasteiger charge is -2.33. The largest absolute Gasteiger partial charge is 0.595 e. The van der Waals surface area contributed by atoms with Gasteiger partial charge in [-0.25, -0.2) is 15.0 Å². The number of anilines is 8. The quantitative estimate of drug-likeness (QED) is 0.0192. The number of primary amides is 3. The number of fused-ring (bicyclic) bond motifs is 1. The molecule has 3 aliphatic carbocycles. The van der Waals surface area contributed by atoms with E-state index >= 15 is 0 Å². The molecule has 3 fully saturated rings. The van der Waals surface area contributed by atoms with E-state index in [4.69, 9.17) is 79.8 Å². The summed E-state index contributed by atoms with van der Waals surface area (Å²) in [6.45, 7) is 10.9. The molecule has 7 aromatic heterocycles. The van der Waals surface area contributed by atoms with Crippen molar-refractivity contribution in [3.8, 4) is 40.0 Å². The van der Waals surface area contributed by atoms with Crippen LogP contribution in [0.1, 0.15) is 150 Å². The fraction of sp³-hybridized carbons (Fsp3) is 0.351. The Morgan fingerprint density at radius 2 is 0.895 bits per heavy atom. The summed E-state index contributed by atoms with van der Waals surface area (Å²) in [6.07, 6.45) is 19.6. The molecule has 4 aromatic carbocycles. The summed E-state index contributed by atoms with van der Waals surface area (Å²) in [5.74, 6) is 1.53. The van der Waals surface area contributed by atoms with E-state index in [-0.39, 0.29) is 75.9 Å². The predicted molar refractivity (Wildman–Crippen MR) is 428 cm³/mol. The Hall–Kier alpha value is -12.6. The number of aliphatic imine (C=N–C) groups is 2. The van der Waals surface area contributed by atoms with Crippen molar-refractivity contribution in [1.29, 1.82) is 0 Å². The second-order valence-electron chi connectivity index (χ2n) is 28.3. The van der Waals surface area contributed by atoms with E-state index < -0.39 is 41.1 Å². The molecule has 0 unspecified atom stereocenters. The van der Waals surface area contributed by atoms with E-state index in [2.05, 4.69) is 92.3 Å². The molecule has 0 bridgehead atoms. The van der Waals surface area contributed by atoms with Crippen molar-refractivity contribution in [2.45, 2.75) is 166 Å². The zero-order valence-corrected chi connectivity index (χ0v) is 65.0. The van der Waals surface area contributed by atoms with Crippen LogP contribution in [-0.2, 0) is 9.47 Å². The lowest BCUT2D eigenvalue weighted by molar-refractivity contribution is -0.262. The first-order valence-electron chi connectivity index (χ1n) is 36.6. The molecule has 37 heteroatoms. The minimum Gasteiger partial charge on any atom is -0.595 e. The molecule has 114 heavy (non-hydrogen) atoms. The minimum absolute atomic E-state index is 0.0197. The molecule has 0 aliphatic heterocycles. The number of aromatic nitrogens is 12. The molecule has 11 aromatic rings. The number of benzene rings is 4. The van der Waals surface area contributed by atoms with Gasteiger partial charge in [-0.15, -0.1) is 28.3 Å². The number of carbonyl (C=O) groups is 3. The maximum absolute atomic E-state index is 12.3. The van der Waals surface area contributed by atoms with Crippen LogP contribution in [0.2, 0.25) is 0 Å². The van der Waals surface area contributed by atoms with Crippen LogP contribution in [0, 0.1) is 0 Å². The Kier molecular flexibility index (Phi) is 29.5. The Labute approximate surface area is 666 Å². The molecule has 15 N–H and O–H groups in total. The summed E-state index contributed by atoms with van der Waals surface area (Å²) < 4.78 is 26.0. The summed E-state index contributed by atoms with van der Waals surface area (Å²) in [4.78, 5) is 76.6. The molecule has 0 radical (unpaired) electrons. The Morgan fingerprint density at radius 3 is 1.32 bits per heavy atom. The van der Waals surface area contributed by atoms with Gasteiger partial charge in [0.1, 0.15) is 51.5 Å². The number of nitrogens with zero attached hydrogens (tertiary/aromatic N) is 14. The van der Waals surface area contributed by atoms with Crippen molar-refractivity contribution in [1.82, 2.24) is 60.5 Å². The molecule has 6 atom stereocenters. The topological polar surface area (TPSA) is 526 Å². The van der Waals surface area contributed by atoms with Crippen molar-refractivity contribution < 1.29 is 52.5 Å². The van der Waals surface area contributed by atoms with Crippen molar-refractivity contribution in [2.24, 2.45) is 38.7 Å². The highest BCUT2D eigenvalue weighted by atomic mass is 35.5. The van der Waals surface area contributed by atoms with Gasteiger partial charge in [-0.3, -0.25) is 24.4 Å². The number of para-hydroxylation sites is 1. The number of ether oxygens (including phenoxy) is 2. The highest BCUT2D eigenvalue weighted by Crippen LogP contribution is 2.31. The molecular formula is C77H90Cl2N24O11-2. The van der Waals surface area contributed by atoms with Gasteiger partial charge in [-0.1, -0.05) is 113 Å². The van der Waals surface area contributed by atoms with Gasteiger partial charge >= 0.3 is 6.01 Å². The standard InChI is InChI=1S/C25H31N7O4.C20H14N8O3.C20H23N7O2.C11H22N2O2.CH2Cl2/c1-25(2,3)35-24(34)31-19-7-5-4-6-18(19)30-23-27-14-17(21(26)33)22(32-23)29-16-10-8-15(9-11-16)20-12-13-28-36-20;21-18(29)14-11-22-20(31-28-16-4-2-1-3-15(16)26-27-28)25-19(14)24-13-7-5-12(6-8-13)17-9-10-23-30-17;21-15-3-1-2-4-16(15)26-20-23-11-14(18(22)28)19(27-20)25-13-7-5-12(6-8-13)17-9-10-24-29-17;1-11(2,3)15-10(14)13-9-7-5-4-6-8(9)12;2-1-3/h8-14,18-19H,4-7H2,1-3H3,(H2,26,33)(H,31,34)(H2,27,29,30,32);1-11H,(H2,21,29)(H,22,24,25);5-11,15-16H,1-4,21H2,(H2,22,28)(H2,23,25,26,27);8-9H,4-7,12H2,1-3H3,(H,13,14);1H2/p-2/t18-,19+;;15-,16+;8-,9+;/m1.01./s1. The molecular weight excluding hydrogens is 1510 g/mol. The van der Waals surface area contributed by atoms with Gasteiger partial charge in [0.2, 0.25) is 11.9 Å². The zero-order valence-electron chi connectivity index (χ0n) is 63.5. The number of carbonyl (C=O) groups excluding carboxylic acids is 3. The van der Waals surface area contributed by atoms with E-state index in [9.17, 15) is 24.6 Å². The first kappa shape index (κ1) is 83.9. The average molecular weight is 1600 g/mol. The minimum atomic E-state index is -0.682. The number of hydrogen-bond donors (Lipinski definition) is 10. The summed E-state index contributed by atoms with van der Waals surface area (Å²) in [5, 5.41) is 58.9. The van der Waals surface area contributed by atoms with E-state index in [1.54, 1.807) is 81.8 Å². The third-order valence-electron chi connectivity index (χ3n) is 17.5. The smallest absolute Gasteiger partial charge is 0.347 e. The van der Waals surface area contributed by atoms with Crippen molar-refractivity contribution in [3.63, 3.8) is 0 Å². The molecule has 3 aliphatic rings. The fourth-order valence-electron chi connectivity index (χ4n) is 12.0. The maximum atomic E-state index is 12.3. The molecule has 3 amide bonds. The monoisotopic (exact) mass is 1600 g/mol. The Morgan fingerprint density at radius 1 is 0.509 bits per heavy atom. The maximum Gasteiger partial charge on any atom is 0.347 e. The van der Waals surface area contributed by atoms with Crippen LogP contribution in [0.4, 0.5) is 46.4 Å². The highest BCUT2D eigenvalue weighted by Gasteiger charge is 2.28. The summed E-state index contributed by atoms with van der Waals surface area (Å²) >= 11 is 9.53. The van der Waals surface area contributed by atoms with Crippen LogP contribution in [0.5, 0.6) is 6.01 Å². The molecule has 3 saturated carbocycles. The number of nitrogens with one attached hydrogen (secondary N) is 5. The number of amides is 3. The van der Waals surface area contributed by atoms with Gasteiger partial charge in [0.05, 0.1) is 42.1 Å².